The van der Waals surface area contributed by atoms with Gasteiger partial charge in [0.15, 0.2) is 0 Å². The number of benzene rings is 2. The molecule has 204 valence electrons. The van der Waals surface area contributed by atoms with Gasteiger partial charge in [-0.05, 0) is 47.4 Å². The highest BCUT2D eigenvalue weighted by Crippen LogP contribution is 2.31. The van der Waals surface area contributed by atoms with Crippen molar-refractivity contribution in [3.05, 3.63) is 93.8 Å². The van der Waals surface area contributed by atoms with E-state index in [1.807, 2.05) is 46.7 Å². The molecule has 3 N–H and O–H groups in total. The number of carbonyl (C=O) groups is 3. The van der Waals surface area contributed by atoms with Crippen molar-refractivity contribution < 1.29 is 32.7 Å². The number of aliphatic carboxylic acids is 1. The summed E-state index contributed by atoms with van der Waals surface area (Å²) >= 11 is 1.41. The average molecular weight is 558 g/mol. The molecule has 7 nitrogen and oxygen atoms in total. The van der Waals surface area contributed by atoms with Crippen LogP contribution in [0.4, 0.5) is 13.2 Å². The highest BCUT2D eigenvalue weighted by Gasteiger charge is 2.38. The number of rotatable bonds is 4. The molecule has 4 aromatic rings. The highest BCUT2D eigenvalue weighted by molar-refractivity contribution is 7.12. The minimum Gasteiger partial charge on any atom is -0.475 e. The second kappa shape index (κ2) is 11.8. The van der Waals surface area contributed by atoms with E-state index in [4.69, 9.17) is 15.6 Å². The van der Waals surface area contributed by atoms with E-state index in [0.29, 0.717) is 36.0 Å². The smallest absolute Gasteiger partial charge is 0.475 e. The normalized spacial score (nSPS) is 14.1. The Bertz CT molecular complexity index is 1470. The number of nitrogens with two attached hydrogens (primary N) is 1. The summed E-state index contributed by atoms with van der Waals surface area (Å²) in [4.78, 5) is 38.0. The van der Waals surface area contributed by atoms with E-state index in [-0.39, 0.29) is 11.8 Å². The van der Waals surface area contributed by atoms with Crippen LogP contribution >= 0.6 is 11.3 Å². The van der Waals surface area contributed by atoms with Crippen molar-refractivity contribution in [3.63, 3.8) is 0 Å². The number of hydrogen-bond acceptors (Lipinski definition) is 5. The van der Waals surface area contributed by atoms with Crippen LogP contribution in [0.2, 0.25) is 0 Å². The van der Waals surface area contributed by atoms with Gasteiger partial charge in [0.2, 0.25) is 0 Å². The fourth-order valence-corrected chi connectivity index (χ4v) is 5.26. The number of para-hydroxylation sites is 1. The third-order valence-corrected chi connectivity index (χ3v) is 7.43. The zero-order valence-corrected chi connectivity index (χ0v) is 21.5. The number of amides is 1. The molecule has 5 rings (SSSR count). The van der Waals surface area contributed by atoms with Gasteiger partial charge in [-0.15, -0.1) is 11.3 Å². The molecule has 0 bridgehead atoms. The standard InChI is InChI=1S/C26H25N3O2S.C2HF3O2/c27-16-18-5-3-6-20(15-18)19-10-12-28(13-11-19)25(30)22-17-29(23-8-2-1-7-21(22)23)26(31)24-9-4-14-32-24;3-2(4,5)1(6)7/h1-9,14-15,17,19H,10-13,16,27H2;(H,6,7). The number of carboxylic acid groups (broad SMARTS) is 1. The van der Waals surface area contributed by atoms with Crippen molar-refractivity contribution in [3.8, 4) is 0 Å². The summed E-state index contributed by atoms with van der Waals surface area (Å²) in [7, 11) is 0. The summed E-state index contributed by atoms with van der Waals surface area (Å²) in [6.45, 7) is 1.95. The van der Waals surface area contributed by atoms with Crippen molar-refractivity contribution in [1.29, 1.82) is 0 Å². The van der Waals surface area contributed by atoms with Gasteiger partial charge in [0.1, 0.15) is 0 Å². The first-order valence-corrected chi connectivity index (χ1v) is 13.0. The lowest BCUT2D eigenvalue weighted by Gasteiger charge is -2.32. The molecule has 0 radical (unpaired) electrons. The fourth-order valence-electron chi connectivity index (χ4n) is 4.60. The number of piperidine rings is 1. The van der Waals surface area contributed by atoms with E-state index in [0.717, 1.165) is 29.3 Å². The van der Waals surface area contributed by atoms with Gasteiger partial charge in [-0.25, -0.2) is 4.79 Å². The van der Waals surface area contributed by atoms with Gasteiger partial charge in [-0.1, -0.05) is 48.5 Å². The Kier molecular flexibility index (Phi) is 8.51. The summed E-state index contributed by atoms with van der Waals surface area (Å²) in [5, 5.41) is 9.83. The van der Waals surface area contributed by atoms with E-state index < -0.39 is 12.1 Å². The second-order valence-electron chi connectivity index (χ2n) is 9.03. The molecular weight excluding hydrogens is 531 g/mol. The lowest BCUT2D eigenvalue weighted by molar-refractivity contribution is -0.192. The van der Waals surface area contributed by atoms with E-state index in [1.165, 1.54) is 16.9 Å². The minimum absolute atomic E-state index is 0.00640. The number of fused-ring (bicyclic) bond motifs is 1. The van der Waals surface area contributed by atoms with E-state index in [1.54, 1.807) is 10.8 Å². The van der Waals surface area contributed by atoms with Crippen molar-refractivity contribution in [2.75, 3.05) is 13.1 Å². The van der Waals surface area contributed by atoms with Crippen molar-refractivity contribution in [2.24, 2.45) is 5.73 Å². The van der Waals surface area contributed by atoms with E-state index in [9.17, 15) is 22.8 Å². The van der Waals surface area contributed by atoms with Crippen LogP contribution in [-0.2, 0) is 11.3 Å². The van der Waals surface area contributed by atoms with Crippen molar-refractivity contribution >= 4 is 40.0 Å². The Balaban J connectivity index is 0.000000448. The summed E-state index contributed by atoms with van der Waals surface area (Å²) in [6, 6.07) is 19.8. The number of likely N-dealkylation sites (tertiary alicyclic amines) is 1. The Morgan fingerprint density at radius 3 is 2.28 bits per heavy atom. The van der Waals surface area contributed by atoms with Crippen LogP contribution in [0.1, 0.15) is 49.9 Å². The van der Waals surface area contributed by atoms with Crippen molar-refractivity contribution in [2.45, 2.75) is 31.5 Å². The molecule has 2 aromatic carbocycles. The number of halogens is 3. The topological polar surface area (TPSA) is 106 Å². The molecule has 1 saturated heterocycles. The lowest BCUT2D eigenvalue weighted by atomic mass is 9.88. The molecule has 0 aliphatic carbocycles. The fraction of sp³-hybridized carbons (Fsp3) is 0.250. The molecular formula is C28H26F3N3O4S. The van der Waals surface area contributed by atoms with Gasteiger partial charge in [-0.2, -0.15) is 13.2 Å². The zero-order chi connectivity index (χ0) is 28.2. The first-order chi connectivity index (χ1) is 18.6. The molecule has 0 atom stereocenters. The molecule has 11 heteroatoms. The minimum atomic E-state index is -5.08. The molecule has 2 aromatic heterocycles. The first kappa shape index (κ1) is 28.1. The summed E-state index contributed by atoms with van der Waals surface area (Å²) in [6.07, 6.45) is -1.52. The number of carboxylic acids is 1. The molecule has 0 unspecified atom stereocenters. The maximum absolute atomic E-state index is 13.5. The highest BCUT2D eigenvalue weighted by atomic mass is 32.1. The predicted octanol–water partition coefficient (Wildman–Crippen LogP) is 5.50. The van der Waals surface area contributed by atoms with Gasteiger partial charge < -0.3 is 15.7 Å². The number of nitrogens with zero attached hydrogens (tertiary/aromatic N) is 2. The molecule has 1 amide bonds. The van der Waals surface area contributed by atoms with Crippen LogP contribution in [0, 0.1) is 0 Å². The van der Waals surface area contributed by atoms with Gasteiger partial charge >= 0.3 is 12.1 Å². The van der Waals surface area contributed by atoms with Crippen LogP contribution < -0.4 is 5.73 Å². The number of aromatic nitrogens is 1. The summed E-state index contributed by atoms with van der Waals surface area (Å²) < 4.78 is 33.3. The SMILES string of the molecule is NCc1cccc(C2CCN(C(=O)c3cn(C(=O)c4cccs4)c4ccccc34)CC2)c1.O=C(O)C(F)(F)F. The maximum atomic E-state index is 13.5. The largest absolute Gasteiger partial charge is 0.490 e. The Labute approximate surface area is 226 Å². The zero-order valence-electron chi connectivity index (χ0n) is 20.7. The van der Waals surface area contributed by atoms with E-state index in [2.05, 4.69) is 24.3 Å². The number of thiophene rings is 1. The number of carbonyl (C=O) groups excluding carboxylic acids is 2. The lowest BCUT2D eigenvalue weighted by Crippen LogP contribution is -2.37. The van der Waals surface area contributed by atoms with Gasteiger partial charge in [0, 0.05) is 31.2 Å². The molecule has 3 heterocycles. The molecule has 1 fully saturated rings. The molecule has 0 saturated carbocycles. The van der Waals surface area contributed by atoms with Crippen LogP contribution in [0.15, 0.2) is 72.2 Å². The van der Waals surface area contributed by atoms with Crippen molar-refractivity contribution in [1.82, 2.24) is 9.47 Å². The first-order valence-electron chi connectivity index (χ1n) is 12.2. The van der Waals surface area contributed by atoms with Gasteiger partial charge in [0.05, 0.1) is 16.0 Å². The predicted molar refractivity (Wildman–Crippen MR) is 142 cm³/mol. The Morgan fingerprint density at radius 1 is 0.974 bits per heavy atom. The third-order valence-electron chi connectivity index (χ3n) is 6.58. The molecule has 0 spiro atoms. The average Bonchev–Trinajstić information content (AvgIpc) is 3.61. The maximum Gasteiger partial charge on any atom is 0.490 e. The van der Waals surface area contributed by atoms with Crippen LogP contribution in [-0.4, -0.2) is 51.6 Å². The van der Waals surface area contributed by atoms with Crippen LogP contribution in [0.3, 0.4) is 0 Å². The number of alkyl halides is 3. The Hall–Kier alpha value is -3.96. The quantitative estimate of drug-likeness (QED) is 0.345. The second-order valence-corrected chi connectivity index (χ2v) is 9.98. The van der Waals surface area contributed by atoms with Gasteiger partial charge in [0.25, 0.3) is 11.8 Å². The summed E-state index contributed by atoms with van der Waals surface area (Å²) in [5.74, 6) is -2.43. The molecule has 39 heavy (non-hydrogen) atoms. The van der Waals surface area contributed by atoms with E-state index >= 15 is 0 Å². The molecule has 1 aliphatic heterocycles. The third kappa shape index (κ3) is 6.37. The van der Waals surface area contributed by atoms with Crippen LogP contribution in [0.5, 0.6) is 0 Å². The van der Waals surface area contributed by atoms with Gasteiger partial charge in [-0.3, -0.25) is 14.2 Å². The van der Waals surface area contributed by atoms with Crippen LogP contribution in [0.25, 0.3) is 10.9 Å². The Morgan fingerprint density at radius 2 is 1.67 bits per heavy atom. The number of hydrogen-bond donors (Lipinski definition) is 2. The monoisotopic (exact) mass is 557 g/mol. The molecule has 1 aliphatic rings. The summed E-state index contributed by atoms with van der Waals surface area (Å²) in [5.41, 5.74) is 9.60.